The highest BCUT2D eigenvalue weighted by molar-refractivity contribution is 6.07. The molecule has 4 aromatic rings. The molecule has 0 atom stereocenters. The number of aromatic nitrogens is 1. The smallest absolute Gasteiger partial charge is 0.269 e. The Kier molecular flexibility index (Phi) is 7.57. The summed E-state index contributed by atoms with van der Waals surface area (Å²) >= 11 is 0. The molecule has 1 heterocycles. The molecule has 8 heteroatoms. The number of benzene rings is 3. The van der Waals surface area contributed by atoms with Crippen LogP contribution in [0.5, 0.6) is 0 Å². The minimum absolute atomic E-state index is 0. The average Bonchev–Trinajstić information content (AvgIpc) is 2.80. The topological polar surface area (TPSA) is 97.2 Å². The number of fused-ring (bicyclic) bond motifs is 2. The van der Waals surface area contributed by atoms with Gasteiger partial charge in [-0.2, -0.15) is 0 Å². The molecule has 0 aliphatic rings. The van der Waals surface area contributed by atoms with E-state index in [0.717, 1.165) is 46.9 Å². The number of amides is 1. The van der Waals surface area contributed by atoms with Crippen LogP contribution in [0, 0.1) is 10.1 Å². The van der Waals surface area contributed by atoms with Crippen LogP contribution in [0.3, 0.4) is 0 Å². The van der Waals surface area contributed by atoms with Crippen molar-refractivity contribution in [3.8, 4) is 0 Å². The highest BCUT2D eigenvalue weighted by atomic mass is 35.5. The third-order valence-electron chi connectivity index (χ3n) is 5.12. The molecule has 0 spiro atoms. The number of hydrogen-bond donors (Lipinski definition) is 2. The Morgan fingerprint density at radius 3 is 2.00 bits per heavy atom. The largest absolute Gasteiger partial charge is 0.384 e. The maximum Gasteiger partial charge on any atom is 0.269 e. The second kappa shape index (κ2) is 10.5. The number of non-ortho nitro benzene ring substituents is 1. The first-order chi connectivity index (χ1) is 15.1. The summed E-state index contributed by atoms with van der Waals surface area (Å²) in [7, 11) is 0. The van der Waals surface area contributed by atoms with Gasteiger partial charge >= 0.3 is 0 Å². The summed E-state index contributed by atoms with van der Waals surface area (Å²) in [6.07, 6.45) is 1.69. The second-order valence-electron chi connectivity index (χ2n) is 7.21. The van der Waals surface area contributed by atoms with Crippen molar-refractivity contribution in [1.82, 2.24) is 10.3 Å². The van der Waals surface area contributed by atoms with Crippen LogP contribution in [0.4, 0.5) is 11.4 Å². The van der Waals surface area contributed by atoms with Crippen molar-refractivity contribution in [3.05, 3.63) is 88.5 Å². The number of pyridine rings is 1. The van der Waals surface area contributed by atoms with E-state index in [0.29, 0.717) is 12.1 Å². The van der Waals surface area contributed by atoms with Crippen LogP contribution in [0.15, 0.2) is 72.8 Å². The molecular formula is C24H23ClN4O3. The van der Waals surface area contributed by atoms with E-state index >= 15 is 0 Å². The number of unbranched alkanes of at least 4 members (excludes halogenated alkanes) is 1. The molecule has 3 aromatic carbocycles. The molecule has 4 rings (SSSR count). The SMILES string of the molecule is Cl.O=C(NCCCCNc1c2ccccc2nc2ccccc12)c1ccc([N+](=O)[O-])cc1. The van der Waals surface area contributed by atoms with E-state index in [1.165, 1.54) is 24.3 Å². The van der Waals surface area contributed by atoms with Crippen molar-refractivity contribution < 1.29 is 9.72 Å². The molecule has 0 unspecified atom stereocenters. The van der Waals surface area contributed by atoms with Gasteiger partial charge in [0.05, 0.1) is 21.6 Å². The molecule has 164 valence electrons. The summed E-state index contributed by atoms with van der Waals surface area (Å²) in [6, 6.07) is 21.8. The van der Waals surface area contributed by atoms with Crippen LogP contribution in [-0.4, -0.2) is 28.9 Å². The van der Waals surface area contributed by atoms with Crippen LogP contribution >= 0.6 is 12.4 Å². The van der Waals surface area contributed by atoms with E-state index in [9.17, 15) is 14.9 Å². The molecule has 0 aliphatic heterocycles. The Labute approximate surface area is 191 Å². The number of anilines is 1. The minimum Gasteiger partial charge on any atom is -0.384 e. The van der Waals surface area contributed by atoms with Crippen LogP contribution in [0.2, 0.25) is 0 Å². The number of hydrogen-bond acceptors (Lipinski definition) is 5. The van der Waals surface area contributed by atoms with Crippen LogP contribution in [-0.2, 0) is 0 Å². The summed E-state index contributed by atoms with van der Waals surface area (Å²) in [6.45, 7) is 1.31. The van der Waals surface area contributed by atoms with Crippen LogP contribution in [0.25, 0.3) is 21.8 Å². The summed E-state index contributed by atoms with van der Waals surface area (Å²) in [5.41, 5.74) is 3.38. The van der Waals surface area contributed by atoms with E-state index < -0.39 is 4.92 Å². The lowest BCUT2D eigenvalue weighted by Crippen LogP contribution is -2.24. The third kappa shape index (κ3) is 5.12. The molecule has 0 bridgehead atoms. The highest BCUT2D eigenvalue weighted by Gasteiger charge is 2.10. The quantitative estimate of drug-likeness (QED) is 0.163. The maximum absolute atomic E-state index is 12.2. The molecule has 1 amide bonds. The van der Waals surface area contributed by atoms with Gasteiger partial charge in [-0.25, -0.2) is 4.98 Å². The summed E-state index contributed by atoms with van der Waals surface area (Å²) in [5, 5.41) is 19.3. The van der Waals surface area contributed by atoms with Gasteiger partial charge in [0.2, 0.25) is 0 Å². The van der Waals surface area contributed by atoms with Gasteiger partial charge in [0.15, 0.2) is 0 Å². The zero-order valence-corrected chi connectivity index (χ0v) is 18.1. The third-order valence-corrected chi connectivity index (χ3v) is 5.12. The fraction of sp³-hybridized carbons (Fsp3) is 0.167. The molecular weight excluding hydrogens is 428 g/mol. The van der Waals surface area contributed by atoms with Gasteiger partial charge in [-0.15, -0.1) is 12.4 Å². The zero-order chi connectivity index (χ0) is 21.6. The van der Waals surface area contributed by atoms with E-state index in [1.807, 2.05) is 36.4 Å². The van der Waals surface area contributed by atoms with Gasteiger partial charge in [0.1, 0.15) is 0 Å². The van der Waals surface area contributed by atoms with Gasteiger partial charge in [-0.3, -0.25) is 14.9 Å². The van der Waals surface area contributed by atoms with E-state index in [-0.39, 0.29) is 24.0 Å². The summed E-state index contributed by atoms with van der Waals surface area (Å²) < 4.78 is 0. The Morgan fingerprint density at radius 1 is 0.844 bits per heavy atom. The fourth-order valence-corrected chi connectivity index (χ4v) is 3.53. The summed E-state index contributed by atoms with van der Waals surface area (Å²) in [5.74, 6) is -0.228. The lowest BCUT2D eigenvalue weighted by Gasteiger charge is -2.13. The number of nitrogens with zero attached hydrogens (tertiary/aromatic N) is 2. The fourth-order valence-electron chi connectivity index (χ4n) is 3.53. The molecule has 0 fully saturated rings. The Bertz CT molecular complexity index is 1190. The van der Waals surface area contributed by atoms with Crippen molar-refractivity contribution >= 4 is 51.5 Å². The number of nitro groups is 1. The van der Waals surface area contributed by atoms with Gasteiger partial charge in [-0.1, -0.05) is 36.4 Å². The Balaban J connectivity index is 0.00000289. The lowest BCUT2D eigenvalue weighted by molar-refractivity contribution is -0.384. The molecule has 0 aliphatic carbocycles. The van der Waals surface area contributed by atoms with Gasteiger partial charge in [0.25, 0.3) is 11.6 Å². The van der Waals surface area contributed by atoms with Crippen molar-refractivity contribution in [2.45, 2.75) is 12.8 Å². The number of para-hydroxylation sites is 2. The second-order valence-corrected chi connectivity index (χ2v) is 7.21. The molecule has 32 heavy (non-hydrogen) atoms. The first kappa shape index (κ1) is 23.0. The van der Waals surface area contributed by atoms with E-state index in [4.69, 9.17) is 4.98 Å². The summed E-state index contributed by atoms with van der Waals surface area (Å²) in [4.78, 5) is 27.1. The predicted octanol–water partition coefficient (Wildman–Crippen LogP) is 5.34. The molecule has 7 nitrogen and oxygen atoms in total. The minimum atomic E-state index is -0.482. The van der Waals surface area contributed by atoms with Crippen molar-refractivity contribution in [2.75, 3.05) is 18.4 Å². The Hall–Kier alpha value is -3.71. The van der Waals surface area contributed by atoms with Crippen molar-refractivity contribution in [2.24, 2.45) is 0 Å². The number of nitro benzene ring substituents is 1. The molecule has 0 radical (unpaired) electrons. The highest BCUT2D eigenvalue weighted by Crippen LogP contribution is 2.30. The normalized spacial score (nSPS) is 10.5. The predicted molar refractivity (Wildman–Crippen MR) is 130 cm³/mol. The number of carbonyl (C=O) groups excluding carboxylic acids is 1. The van der Waals surface area contributed by atoms with Crippen molar-refractivity contribution in [1.29, 1.82) is 0 Å². The zero-order valence-electron chi connectivity index (χ0n) is 17.3. The maximum atomic E-state index is 12.2. The van der Waals surface area contributed by atoms with E-state index in [2.05, 4.69) is 22.8 Å². The first-order valence-electron chi connectivity index (χ1n) is 10.2. The Morgan fingerprint density at radius 2 is 1.41 bits per heavy atom. The monoisotopic (exact) mass is 450 g/mol. The van der Waals surface area contributed by atoms with Gasteiger partial charge in [0, 0.05) is 41.6 Å². The first-order valence-corrected chi connectivity index (χ1v) is 10.2. The standard InChI is InChI=1S/C24H22N4O3.ClH/c29-24(17-11-13-18(14-12-17)28(30)31)26-16-6-5-15-25-23-19-7-1-3-9-21(19)27-22-10-4-2-8-20(22)23;/h1-4,7-14H,5-6,15-16H2,(H,25,27)(H,26,29);1H. The molecule has 2 N–H and O–H groups in total. The van der Waals surface area contributed by atoms with Gasteiger partial charge < -0.3 is 10.6 Å². The lowest BCUT2D eigenvalue weighted by atomic mass is 10.1. The van der Waals surface area contributed by atoms with Crippen LogP contribution < -0.4 is 10.6 Å². The number of nitrogens with one attached hydrogen (secondary N) is 2. The number of carbonyl (C=O) groups is 1. The van der Waals surface area contributed by atoms with E-state index in [1.54, 1.807) is 0 Å². The van der Waals surface area contributed by atoms with Gasteiger partial charge in [-0.05, 0) is 37.1 Å². The molecule has 0 saturated carbocycles. The molecule has 1 aromatic heterocycles. The van der Waals surface area contributed by atoms with Crippen molar-refractivity contribution in [3.63, 3.8) is 0 Å². The van der Waals surface area contributed by atoms with Crippen LogP contribution in [0.1, 0.15) is 23.2 Å². The number of halogens is 1. The molecule has 0 saturated heterocycles. The average molecular weight is 451 g/mol. The number of rotatable bonds is 8.